The molecule has 0 spiro atoms. The van der Waals surface area contributed by atoms with Gasteiger partial charge >= 0.3 is 0 Å². The fourth-order valence-electron chi connectivity index (χ4n) is 14.8. The number of aromatic nitrogens is 4. The van der Waals surface area contributed by atoms with Crippen molar-refractivity contribution in [3.05, 3.63) is 279 Å². The summed E-state index contributed by atoms with van der Waals surface area (Å²) in [5.74, 6) is 0. The summed E-state index contributed by atoms with van der Waals surface area (Å²) in [6.07, 6.45) is 3.80. The van der Waals surface area contributed by atoms with Gasteiger partial charge in [0.2, 0.25) is 0 Å². The second kappa shape index (κ2) is 18.9. The summed E-state index contributed by atoms with van der Waals surface area (Å²) in [5, 5.41) is 23.8. The number of furan rings is 1. The maximum Gasteiger partial charge on any atom is 0.135 e. The number of rotatable bonds is 5. The zero-order valence-corrected chi connectivity index (χ0v) is 49.0. The second-order valence-corrected chi connectivity index (χ2v) is 25.0. The third kappa shape index (κ3) is 7.37. The van der Waals surface area contributed by atoms with Crippen LogP contribution in [0.4, 0.5) is 0 Å². The first-order valence-electron chi connectivity index (χ1n) is 30.5. The van der Waals surface area contributed by atoms with E-state index in [4.69, 9.17) is 24.4 Å². The lowest BCUT2D eigenvalue weighted by atomic mass is 9.86. The highest BCUT2D eigenvalue weighted by molar-refractivity contribution is 7.25. The van der Waals surface area contributed by atoms with E-state index in [1.165, 1.54) is 95.9 Å². The predicted molar refractivity (Wildman–Crippen MR) is 380 cm³/mol. The van der Waals surface area contributed by atoms with Crippen LogP contribution in [0.15, 0.2) is 284 Å². The van der Waals surface area contributed by atoms with Crippen LogP contribution in [0.25, 0.3) is 206 Å². The molecule has 20 aromatic rings. The molecular weight excluding hydrogens is 1110 g/mol. The minimum absolute atomic E-state index is 0.830. The van der Waals surface area contributed by atoms with E-state index in [-0.39, 0.29) is 0 Å². The van der Waals surface area contributed by atoms with Gasteiger partial charge in [0.05, 0.1) is 33.5 Å². The van der Waals surface area contributed by atoms with Gasteiger partial charge in [0.25, 0.3) is 0 Å². The van der Waals surface area contributed by atoms with Gasteiger partial charge in [0.15, 0.2) is 0 Å². The third-order valence-electron chi connectivity index (χ3n) is 19.1. The Kier molecular flexibility index (Phi) is 10.4. The molecule has 0 N–H and O–H groups in total. The van der Waals surface area contributed by atoms with Gasteiger partial charge in [0.1, 0.15) is 11.2 Å². The van der Waals surface area contributed by atoms with Crippen molar-refractivity contribution in [1.82, 2.24) is 19.9 Å². The molecule has 414 valence electrons. The summed E-state index contributed by atoms with van der Waals surface area (Å²) in [6, 6.07) is 97.5. The molecule has 0 saturated carbocycles. The van der Waals surface area contributed by atoms with Crippen molar-refractivity contribution in [2.45, 2.75) is 0 Å². The highest BCUT2D eigenvalue weighted by Crippen LogP contribution is 2.47. The summed E-state index contributed by atoms with van der Waals surface area (Å²) >= 11 is 1.85. The molecular formula is C84H46N4OS. The van der Waals surface area contributed by atoms with Crippen molar-refractivity contribution < 1.29 is 4.42 Å². The molecule has 0 aliphatic rings. The van der Waals surface area contributed by atoms with E-state index >= 15 is 0 Å². The number of hydrogen-bond acceptors (Lipinski definition) is 6. The van der Waals surface area contributed by atoms with Gasteiger partial charge in [-0.15, -0.1) is 11.3 Å². The minimum atomic E-state index is 0.830. The molecule has 0 bridgehead atoms. The van der Waals surface area contributed by atoms with Crippen molar-refractivity contribution in [3.8, 4) is 55.9 Å². The lowest BCUT2D eigenvalue weighted by Crippen LogP contribution is -1.92. The normalized spacial score (nSPS) is 12.2. The number of pyridine rings is 4. The summed E-state index contributed by atoms with van der Waals surface area (Å²) in [6.45, 7) is 0. The number of thiophene rings is 1. The first-order chi connectivity index (χ1) is 44.6. The molecule has 0 amide bonds. The van der Waals surface area contributed by atoms with Crippen molar-refractivity contribution >= 4 is 162 Å². The first-order valence-corrected chi connectivity index (χ1v) is 31.4. The standard InChI is InChI=1S/C84H46N4OS/c1-2-13-59-57(11-1)58-12-3-5-16-62(58)70-40-50(22-29-64(59)70)51-23-30-65-66-31-24-54(46-79(66)90-78(65)45-51)75-34-26-49-21-32-68-56(37-39-86-84(68)83(49)88-75)55-43-69(80-67-18-8-7-15-61(67)60-14-4-6-17-63(60)73(80)44-55)52-27-35-76-71(41-52)72-42-53(28-36-77(72)89-76)74-33-25-48-20-19-47-10-9-38-85-81(47)82(48)87-74/h1-46H. The van der Waals surface area contributed by atoms with Crippen LogP contribution in [-0.4, -0.2) is 19.9 Å². The molecule has 0 unspecified atom stereocenters. The molecule has 0 fully saturated rings. The summed E-state index contributed by atoms with van der Waals surface area (Å²) in [5.41, 5.74) is 16.0. The Balaban J connectivity index is 0.710. The largest absolute Gasteiger partial charge is 0.456 e. The van der Waals surface area contributed by atoms with Crippen LogP contribution in [0, 0.1) is 0 Å². The predicted octanol–water partition coefficient (Wildman–Crippen LogP) is 23.4. The van der Waals surface area contributed by atoms with E-state index < -0.39 is 0 Å². The Morgan fingerprint density at radius 2 is 0.689 bits per heavy atom. The monoisotopic (exact) mass is 1160 g/mol. The van der Waals surface area contributed by atoms with Crippen molar-refractivity contribution in [2.24, 2.45) is 0 Å². The van der Waals surface area contributed by atoms with Gasteiger partial charge in [-0.05, 0) is 183 Å². The average molecular weight is 1160 g/mol. The van der Waals surface area contributed by atoms with Gasteiger partial charge in [-0.2, -0.15) is 0 Å². The van der Waals surface area contributed by atoms with Gasteiger partial charge in [-0.1, -0.05) is 182 Å². The number of fused-ring (bicyclic) bond motifs is 24. The van der Waals surface area contributed by atoms with E-state index in [1.807, 2.05) is 29.8 Å². The molecule has 5 nitrogen and oxygen atoms in total. The topological polar surface area (TPSA) is 64.7 Å². The van der Waals surface area contributed by atoms with E-state index in [0.29, 0.717) is 0 Å². The van der Waals surface area contributed by atoms with Crippen LogP contribution < -0.4 is 0 Å². The van der Waals surface area contributed by atoms with Gasteiger partial charge in [-0.3, -0.25) is 9.97 Å². The van der Waals surface area contributed by atoms with E-state index in [9.17, 15) is 0 Å². The lowest BCUT2D eigenvalue weighted by Gasteiger charge is -2.17. The Bertz CT molecular complexity index is 6520. The molecule has 90 heavy (non-hydrogen) atoms. The highest BCUT2D eigenvalue weighted by Gasteiger charge is 2.21. The Morgan fingerprint density at radius 1 is 0.244 bits per heavy atom. The Morgan fingerprint density at radius 3 is 1.37 bits per heavy atom. The first kappa shape index (κ1) is 49.4. The van der Waals surface area contributed by atoms with Crippen LogP contribution in [0.2, 0.25) is 0 Å². The number of benzene rings is 14. The fourth-order valence-corrected chi connectivity index (χ4v) is 16.0. The third-order valence-corrected chi connectivity index (χ3v) is 20.2. The van der Waals surface area contributed by atoms with Gasteiger partial charge in [-0.25, -0.2) is 9.97 Å². The molecule has 0 aliphatic carbocycles. The quantitative estimate of drug-likeness (QED) is 0.161. The number of nitrogens with zero attached hydrogens (tertiary/aromatic N) is 4. The SMILES string of the molecule is c1cnc2c(c1)ccc1ccc(-c3ccc4oc5ccc(-c6cc(-c7ccnc8c7ccc7ccc(-c9ccc%10c(c9)sc9cc(-c%11ccc%12c%13ccccc%13c%13ccccc%13c%12c%11)ccc9%10)nc78)cc7c8ccccc8c8ccccc8c67)cc5c4c3)nc12. The minimum Gasteiger partial charge on any atom is -0.456 e. The maximum atomic E-state index is 6.62. The van der Waals surface area contributed by atoms with Crippen LogP contribution in [0.1, 0.15) is 0 Å². The summed E-state index contributed by atoms with van der Waals surface area (Å²) < 4.78 is 9.13. The van der Waals surface area contributed by atoms with Crippen molar-refractivity contribution in [2.75, 3.05) is 0 Å². The molecule has 20 rings (SSSR count). The van der Waals surface area contributed by atoms with Gasteiger partial charge < -0.3 is 4.42 Å². The van der Waals surface area contributed by atoms with Crippen LogP contribution in [-0.2, 0) is 0 Å². The molecule has 0 aliphatic heterocycles. The molecule has 0 saturated heterocycles. The molecule has 6 heteroatoms. The van der Waals surface area contributed by atoms with Crippen molar-refractivity contribution in [1.29, 1.82) is 0 Å². The molecule has 0 radical (unpaired) electrons. The number of hydrogen-bond donors (Lipinski definition) is 0. The van der Waals surface area contributed by atoms with Crippen molar-refractivity contribution in [3.63, 3.8) is 0 Å². The Hall–Kier alpha value is -11.7. The van der Waals surface area contributed by atoms with E-state index in [0.717, 1.165) is 110 Å². The smallest absolute Gasteiger partial charge is 0.135 e. The van der Waals surface area contributed by atoms with E-state index in [2.05, 4.69) is 261 Å². The summed E-state index contributed by atoms with van der Waals surface area (Å²) in [7, 11) is 0. The van der Waals surface area contributed by atoms with Crippen LogP contribution >= 0.6 is 11.3 Å². The highest BCUT2D eigenvalue weighted by atomic mass is 32.1. The fraction of sp³-hybridized carbons (Fsp3) is 0. The Labute approximate surface area is 518 Å². The van der Waals surface area contributed by atoms with E-state index in [1.54, 1.807) is 0 Å². The average Bonchev–Trinajstić information content (AvgIpc) is 0.999. The summed E-state index contributed by atoms with van der Waals surface area (Å²) in [4.78, 5) is 20.6. The van der Waals surface area contributed by atoms with Gasteiger partial charge in [0, 0.05) is 76.0 Å². The second-order valence-electron chi connectivity index (χ2n) is 23.9. The molecule has 6 aromatic heterocycles. The molecule has 6 heterocycles. The molecule has 0 atom stereocenters. The zero-order chi connectivity index (χ0) is 58.7. The lowest BCUT2D eigenvalue weighted by molar-refractivity contribution is 0.669. The van der Waals surface area contributed by atoms with Crippen LogP contribution in [0.3, 0.4) is 0 Å². The van der Waals surface area contributed by atoms with Crippen LogP contribution in [0.5, 0.6) is 0 Å². The maximum absolute atomic E-state index is 6.62. The molecule has 14 aromatic carbocycles. The zero-order valence-electron chi connectivity index (χ0n) is 48.2.